The summed E-state index contributed by atoms with van der Waals surface area (Å²) < 4.78 is 0. The molecule has 0 saturated heterocycles. The lowest BCUT2D eigenvalue weighted by Crippen LogP contribution is -2.30. The third kappa shape index (κ3) is 2.84. The molecule has 64 valence electrons. The molecule has 1 rings (SSSR count). The highest BCUT2D eigenvalue weighted by Crippen LogP contribution is 2.07. The normalized spacial score (nSPS) is 16.8. The van der Waals surface area contributed by atoms with Crippen LogP contribution >= 0.6 is 11.8 Å². The molecule has 1 aliphatic heterocycles. The number of nitrogens with zero attached hydrogens (tertiary/aromatic N) is 1. The number of carbonyl (C=O) groups excluding carboxylic acids is 1. The summed E-state index contributed by atoms with van der Waals surface area (Å²) in [5, 5.41) is 1.92. The largest absolute Gasteiger partial charge is 0.351 e. The van der Waals surface area contributed by atoms with E-state index in [-0.39, 0.29) is 0 Å². The quantitative estimate of drug-likeness (QED) is 0.619. The molecule has 0 unspecified atom stereocenters. The van der Waals surface area contributed by atoms with Crippen LogP contribution in [0.4, 0.5) is 4.79 Å². The van der Waals surface area contributed by atoms with E-state index in [1.165, 1.54) is 16.7 Å². The number of hydrogen-bond acceptors (Lipinski definition) is 2. The molecule has 0 aromatic heterocycles. The first kappa shape index (κ1) is 8.93. The van der Waals surface area contributed by atoms with Crippen LogP contribution in [0.25, 0.3) is 0 Å². The van der Waals surface area contributed by atoms with Gasteiger partial charge in [-0.15, -0.1) is 11.8 Å². The fourth-order valence-electron chi connectivity index (χ4n) is 0.686. The maximum Gasteiger partial charge on any atom is 0.319 e. The molecule has 4 heteroatoms. The number of carbonyl (C=O) groups is 1. The molecule has 0 aromatic rings. The minimum atomic E-state index is -0.428. The first-order chi connectivity index (χ1) is 5.80. The Hall–Kier alpha value is -1.16. The van der Waals surface area contributed by atoms with Crippen molar-refractivity contribution in [3.63, 3.8) is 0 Å². The van der Waals surface area contributed by atoms with Crippen LogP contribution in [0.15, 0.2) is 35.9 Å². The average Bonchev–Trinajstić information content (AvgIpc) is 2.15. The van der Waals surface area contributed by atoms with E-state index in [1.54, 1.807) is 12.3 Å². The van der Waals surface area contributed by atoms with Crippen LogP contribution in [-0.4, -0.2) is 16.8 Å². The minimum Gasteiger partial charge on any atom is -0.351 e. The second-order valence-electron chi connectivity index (χ2n) is 2.16. The van der Waals surface area contributed by atoms with E-state index in [0.717, 1.165) is 0 Å². The lowest BCUT2D eigenvalue weighted by molar-refractivity contribution is 0.230. The first-order valence-corrected chi connectivity index (χ1v) is 4.53. The van der Waals surface area contributed by atoms with E-state index in [2.05, 4.69) is 0 Å². The maximum absolute atomic E-state index is 10.8. The Balaban J connectivity index is 2.65. The predicted octanol–water partition coefficient (Wildman–Crippen LogP) is 1.66. The molecule has 0 fully saturated rings. The topological polar surface area (TPSA) is 46.3 Å². The van der Waals surface area contributed by atoms with Gasteiger partial charge < -0.3 is 5.73 Å². The van der Waals surface area contributed by atoms with Gasteiger partial charge >= 0.3 is 6.03 Å². The van der Waals surface area contributed by atoms with E-state index < -0.39 is 6.03 Å². The lowest BCUT2D eigenvalue weighted by atomic mass is 10.4. The van der Waals surface area contributed by atoms with Gasteiger partial charge in [-0.1, -0.05) is 18.2 Å². The number of hydrogen-bond donors (Lipinski definition) is 1. The molecule has 0 bridgehead atoms. The van der Waals surface area contributed by atoms with Crippen LogP contribution in [0.5, 0.6) is 0 Å². The van der Waals surface area contributed by atoms with Crippen molar-refractivity contribution in [3.8, 4) is 0 Å². The summed E-state index contributed by atoms with van der Waals surface area (Å²) in [6.45, 7) is 0. The number of allylic oxidation sites excluding steroid dienone is 4. The van der Waals surface area contributed by atoms with Gasteiger partial charge in [0, 0.05) is 6.20 Å². The van der Waals surface area contributed by atoms with E-state index in [0.29, 0.717) is 5.88 Å². The Bertz CT molecular complexity index is 245. The zero-order valence-electron chi connectivity index (χ0n) is 6.51. The summed E-state index contributed by atoms with van der Waals surface area (Å²) in [6.07, 6.45) is 9.10. The van der Waals surface area contributed by atoms with Gasteiger partial charge in [0.25, 0.3) is 0 Å². The van der Waals surface area contributed by atoms with Crippen LogP contribution in [-0.2, 0) is 0 Å². The Morgan fingerprint density at radius 1 is 1.33 bits per heavy atom. The molecule has 0 atom stereocenters. The Morgan fingerprint density at radius 3 is 2.83 bits per heavy atom. The number of amides is 2. The van der Waals surface area contributed by atoms with E-state index in [9.17, 15) is 4.79 Å². The summed E-state index contributed by atoms with van der Waals surface area (Å²) in [6, 6.07) is -0.428. The van der Waals surface area contributed by atoms with Crippen molar-refractivity contribution in [2.75, 3.05) is 5.88 Å². The van der Waals surface area contributed by atoms with Crippen molar-refractivity contribution in [1.82, 2.24) is 4.90 Å². The zero-order chi connectivity index (χ0) is 8.81. The van der Waals surface area contributed by atoms with Crippen molar-refractivity contribution in [3.05, 3.63) is 35.9 Å². The van der Waals surface area contributed by atoms with Crippen molar-refractivity contribution in [2.45, 2.75) is 0 Å². The maximum atomic E-state index is 10.8. The standard InChI is InChI=1S/C8H10N2OS/c9-8(11)10-5-3-1-2-4-6-12-7-10/h1-6H,7H2,(H2,9,11). The molecule has 0 spiro atoms. The second kappa shape index (κ2) is 4.66. The SMILES string of the molecule is NC(=O)N1C=CC=CC=CSC1. The molecule has 2 amide bonds. The zero-order valence-corrected chi connectivity index (χ0v) is 7.33. The van der Waals surface area contributed by atoms with Gasteiger partial charge in [0.1, 0.15) is 0 Å². The third-order valence-corrected chi connectivity index (χ3v) is 2.05. The molecule has 0 aromatic carbocycles. The van der Waals surface area contributed by atoms with Gasteiger partial charge in [0.2, 0.25) is 0 Å². The predicted molar refractivity (Wildman–Crippen MR) is 51.3 cm³/mol. The molecule has 2 N–H and O–H groups in total. The van der Waals surface area contributed by atoms with Crippen LogP contribution in [0.3, 0.4) is 0 Å². The molecular formula is C8H10N2OS. The highest BCUT2D eigenvalue weighted by atomic mass is 32.2. The van der Waals surface area contributed by atoms with Crippen LogP contribution < -0.4 is 5.73 Å². The molecule has 0 radical (unpaired) electrons. The van der Waals surface area contributed by atoms with Crippen molar-refractivity contribution in [2.24, 2.45) is 5.73 Å². The van der Waals surface area contributed by atoms with Gasteiger partial charge in [-0.3, -0.25) is 4.90 Å². The van der Waals surface area contributed by atoms with Crippen molar-refractivity contribution < 1.29 is 4.79 Å². The molecule has 1 heterocycles. The summed E-state index contributed by atoms with van der Waals surface area (Å²) in [5.74, 6) is 0.560. The van der Waals surface area contributed by atoms with Crippen LogP contribution in [0.2, 0.25) is 0 Å². The molecule has 1 aliphatic rings. The van der Waals surface area contributed by atoms with Gasteiger partial charge in [0.05, 0.1) is 5.88 Å². The average molecular weight is 182 g/mol. The van der Waals surface area contributed by atoms with Crippen LogP contribution in [0, 0.1) is 0 Å². The molecule has 3 nitrogen and oxygen atoms in total. The number of rotatable bonds is 0. The number of primary amides is 1. The molecule has 0 aliphatic carbocycles. The van der Waals surface area contributed by atoms with Gasteiger partial charge in [-0.05, 0) is 11.5 Å². The smallest absolute Gasteiger partial charge is 0.319 e. The van der Waals surface area contributed by atoms with E-state index >= 15 is 0 Å². The van der Waals surface area contributed by atoms with Crippen molar-refractivity contribution in [1.29, 1.82) is 0 Å². The van der Waals surface area contributed by atoms with Crippen LogP contribution in [0.1, 0.15) is 0 Å². The minimum absolute atomic E-state index is 0.428. The highest BCUT2D eigenvalue weighted by molar-refractivity contribution is 8.02. The van der Waals surface area contributed by atoms with E-state index in [1.807, 2.05) is 23.6 Å². The first-order valence-electron chi connectivity index (χ1n) is 3.48. The summed E-state index contributed by atoms with van der Waals surface area (Å²) >= 11 is 1.52. The summed E-state index contributed by atoms with van der Waals surface area (Å²) in [4.78, 5) is 12.2. The van der Waals surface area contributed by atoms with Gasteiger partial charge in [-0.2, -0.15) is 0 Å². The van der Waals surface area contributed by atoms with E-state index in [4.69, 9.17) is 5.73 Å². The van der Waals surface area contributed by atoms with Gasteiger partial charge in [-0.25, -0.2) is 4.79 Å². The second-order valence-corrected chi connectivity index (χ2v) is 3.02. The van der Waals surface area contributed by atoms with Crippen molar-refractivity contribution >= 4 is 17.8 Å². The monoisotopic (exact) mass is 182 g/mol. The fourth-order valence-corrected chi connectivity index (χ4v) is 1.35. The Morgan fingerprint density at radius 2 is 2.08 bits per heavy atom. The third-order valence-electron chi connectivity index (χ3n) is 1.27. The van der Waals surface area contributed by atoms with Gasteiger partial charge in [0.15, 0.2) is 0 Å². The summed E-state index contributed by atoms with van der Waals surface area (Å²) in [5.41, 5.74) is 5.11. The lowest BCUT2D eigenvalue weighted by Gasteiger charge is -2.12. The molecular weight excluding hydrogens is 172 g/mol. The highest BCUT2D eigenvalue weighted by Gasteiger charge is 2.03. The molecule has 12 heavy (non-hydrogen) atoms. The Kier molecular flexibility index (Phi) is 3.47. The summed E-state index contributed by atoms with van der Waals surface area (Å²) in [7, 11) is 0. The number of thioether (sulfide) groups is 1. The number of nitrogens with two attached hydrogens (primary N) is 1. The molecule has 0 saturated carbocycles. The number of urea groups is 1. The fraction of sp³-hybridized carbons (Fsp3) is 0.125. The Labute approximate surface area is 75.6 Å².